The number of hydrogen-bond donors (Lipinski definition) is 0. The minimum atomic E-state index is -2.75. The van der Waals surface area contributed by atoms with Gasteiger partial charge >= 0.3 is 0 Å². The van der Waals surface area contributed by atoms with Crippen LogP contribution in [0, 0.1) is 32.5 Å². The fourth-order valence-electron chi connectivity index (χ4n) is 8.98. The Bertz CT molecular complexity index is 3740. The Labute approximate surface area is 433 Å². The number of nitrogens with zero attached hydrogens (tertiary/aromatic N) is 4. The minimum absolute atomic E-state index is 0. The van der Waals surface area contributed by atoms with Gasteiger partial charge in [-0.25, -0.2) is 4.98 Å². The summed E-state index contributed by atoms with van der Waals surface area (Å²) >= 11 is 0. The van der Waals surface area contributed by atoms with E-state index in [1.54, 1.807) is 10.6 Å². The number of rotatable bonds is 11. The maximum Gasteiger partial charge on any atom is 0.135 e. The summed E-state index contributed by atoms with van der Waals surface area (Å²) in [5.41, 5.74) is 9.72. The monoisotopic (exact) mass is 1080 g/mol. The molecule has 0 atom stereocenters. The molecule has 10 rings (SSSR count). The predicted octanol–water partition coefficient (Wildman–Crippen LogP) is 15.6. The molecule has 2 aromatic heterocycles. The van der Waals surface area contributed by atoms with Gasteiger partial charge in [0, 0.05) is 63.7 Å². The zero-order valence-corrected chi connectivity index (χ0v) is 41.3. The molecule has 0 saturated carbocycles. The zero-order valence-electron chi connectivity index (χ0n) is 50.0. The van der Waals surface area contributed by atoms with Gasteiger partial charge in [-0.15, -0.1) is 28.8 Å². The molecule has 9 aromatic rings. The number of aromatic nitrogens is 2. The van der Waals surface area contributed by atoms with Gasteiger partial charge in [0.15, 0.2) is 0 Å². The van der Waals surface area contributed by atoms with Gasteiger partial charge in [0.2, 0.25) is 0 Å². The van der Waals surface area contributed by atoms with E-state index in [-0.39, 0.29) is 61.0 Å². The van der Waals surface area contributed by atoms with Crippen molar-refractivity contribution in [3.8, 4) is 33.8 Å². The quantitative estimate of drug-likeness (QED) is 0.121. The molecule has 0 bridgehead atoms. The number of ether oxygens (including phenoxy) is 1. The molecule has 68 heavy (non-hydrogen) atoms. The first-order chi connectivity index (χ1) is 36.8. The summed E-state index contributed by atoms with van der Waals surface area (Å²) in [6, 6.07) is 43.5. The van der Waals surface area contributed by atoms with E-state index in [1.165, 1.54) is 23.4 Å². The summed E-state index contributed by atoms with van der Waals surface area (Å²) in [5, 5.41) is 1.68. The van der Waals surface area contributed by atoms with Gasteiger partial charge in [-0.1, -0.05) is 144 Å². The maximum atomic E-state index is 8.60. The molecule has 0 fully saturated rings. The van der Waals surface area contributed by atoms with Crippen molar-refractivity contribution in [2.45, 2.75) is 85.5 Å². The van der Waals surface area contributed by atoms with E-state index in [2.05, 4.69) is 112 Å². The number of para-hydroxylation sites is 3. The van der Waals surface area contributed by atoms with Crippen molar-refractivity contribution < 1.29 is 40.9 Å². The zero-order chi connectivity index (χ0) is 55.8. The van der Waals surface area contributed by atoms with Gasteiger partial charge < -0.3 is 19.1 Å². The number of anilines is 3. The van der Waals surface area contributed by atoms with Crippen molar-refractivity contribution >= 4 is 38.9 Å². The normalized spacial score (nSPS) is 15.4. The third-order valence-electron chi connectivity index (χ3n) is 12.6. The number of fused-ring (bicyclic) bond motifs is 4. The third-order valence-corrected chi connectivity index (χ3v) is 12.6. The first-order valence-electron chi connectivity index (χ1n) is 28.3. The molecule has 5 nitrogen and oxygen atoms in total. The molecule has 0 spiro atoms. The van der Waals surface area contributed by atoms with Crippen LogP contribution in [0.3, 0.4) is 0 Å². The van der Waals surface area contributed by atoms with Crippen LogP contribution in [-0.2, 0) is 44.9 Å². The molecular weight excluding hydrogens is 1010 g/mol. The summed E-state index contributed by atoms with van der Waals surface area (Å²) in [7, 11) is 0. The first-order valence-corrected chi connectivity index (χ1v) is 22.8. The Hall–Kier alpha value is -6.42. The van der Waals surface area contributed by atoms with Crippen LogP contribution in [0.25, 0.3) is 49.9 Å². The maximum absolute atomic E-state index is 8.60. The molecule has 0 amide bonds. The predicted molar refractivity (Wildman–Crippen MR) is 280 cm³/mol. The van der Waals surface area contributed by atoms with Crippen LogP contribution in [0.1, 0.15) is 96.4 Å². The Morgan fingerprint density at radius 3 is 2.19 bits per heavy atom. The second kappa shape index (κ2) is 18.9. The molecule has 0 radical (unpaired) electrons. The molecule has 0 N–H and O–H groups in total. The largest absolute Gasteiger partial charge is 0.517 e. The van der Waals surface area contributed by atoms with E-state index in [9.17, 15) is 0 Å². The van der Waals surface area contributed by atoms with Gasteiger partial charge in [-0.2, -0.15) is 37.0 Å². The van der Waals surface area contributed by atoms with Gasteiger partial charge in [0.05, 0.1) is 13.5 Å². The molecule has 0 saturated heterocycles. The van der Waals surface area contributed by atoms with E-state index in [0.29, 0.717) is 36.2 Å². The number of benzene rings is 7. The average molecular weight is 1080 g/mol. The second-order valence-electron chi connectivity index (χ2n) is 19.3. The average Bonchev–Trinajstić information content (AvgIpc) is 3.94. The van der Waals surface area contributed by atoms with E-state index in [1.807, 2.05) is 72.8 Å². The molecule has 346 valence electrons. The van der Waals surface area contributed by atoms with Crippen LogP contribution in [0.4, 0.5) is 17.1 Å². The van der Waals surface area contributed by atoms with Crippen molar-refractivity contribution in [1.29, 1.82) is 0 Å². The minimum Gasteiger partial charge on any atom is -0.517 e. The van der Waals surface area contributed by atoms with Crippen LogP contribution in [-0.4, -0.2) is 16.1 Å². The van der Waals surface area contributed by atoms with Crippen LogP contribution in [0.5, 0.6) is 5.75 Å². The molecule has 3 heterocycles. The molecule has 1 aliphatic heterocycles. The summed E-state index contributed by atoms with van der Waals surface area (Å²) in [5.74, 6) is 0.650. The Balaban J connectivity index is 0.00000757. The molecule has 1 aliphatic rings. The SMILES string of the molecule is [2H]c1c([2H])c([2H])c(-c2cnc(-n3c4[c-]c(OCc5[c-]c(N6[CH-]N(CCCc7c(-c8cc(C(C)(C)C)cc(C(C)(C)C)c8)cccc7C([2H])([2H])[2H])c7ccccc76)ccc5)ccc4c4ccccc43)cc2C([2H])([2H])[2H])c([2H])c1[2H].[Pt]. The van der Waals surface area contributed by atoms with Crippen molar-refractivity contribution in [3.63, 3.8) is 0 Å². The summed E-state index contributed by atoms with van der Waals surface area (Å²) < 4.78 is 101. The van der Waals surface area contributed by atoms with Gasteiger partial charge in [-0.05, 0) is 118 Å². The van der Waals surface area contributed by atoms with Crippen LogP contribution in [0.15, 0.2) is 158 Å². The standard InChI is InChI=1S/C62H59N4O.Pt/c1-42-19-16-25-52(46-35-47(61(3,4)5)37-48(36-46)62(6,7)8)51(42)26-18-32-64-41-65(58-29-15-14-28-57(58)64)49-23-17-20-44(34-49)40-67-50-30-31-54-53-24-12-13-27-56(53)66(59(54)38-50)60-33-43(2)55(39-63-60)45-21-10-9-11-22-45;/h9-17,19-25,27-31,33,35-37,39,41H,18,26,32,40H2,1-8H3;/q-3;/i1D3,2D3,9D,10D,11D,21D,22D;. The molecule has 7 aromatic carbocycles. The fraction of sp³-hybridized carbons (Fsp3) is 0.226. The van der Waals surface area contributed by atoms with Gasteiger partial charge in [0.1, 0.15) is 5.82 Å². The van der Waals surface area contributed by atoms with Gasteiger partial charge in [0.25, 0.3) is 0 Å². The van der Waals surface area contributed by atoms with Crippen molar-refractivity contribution in [1.82, 2.24) is 9.55 Å². The van der Waals surface area contributed by atoms with Crippen molar-refractivity contribution in [2.24, 2.45) is 0 Å². The van der Waals surface area contributed by atoms with Crippen molar-refractivity contribution in [2.75, 3.05) is 16.3 Å². The third kappa shape index (κ3) is 9.26. The smallest absolute Gasteiger partial charge is 0.135 e. The van der Waals surface area contributed by atoms with Crippen LogP contribution >= 0.6 is 0 Å². The van der Waals surface area contributed by atoms with E-state index >= 15 is 0 Å². The number of hydrogen-bond acceptors (Lipinski definition) is 4. The van der Waals surface area contributed by atoms with E-state index < -0.39 is 43.9 Å². The molecule has 0 aliphatic carbocycles. The molecule has 6 heteroatoms. The fourth-order valence-corrected chi connectivity index (χ4v) is 8.98. The molecule has 0 unspecified atom stereocenters. The summed E-state index contributed by atoms with van der Waals surface area (Å²) in [6.07, 6.45) is 2.51. The topological polar surface area (TPSA) is 33.5 Å². The Morgan fingerprint density at radius 1 is 0.691 bits per heavy atom. The van der Waals surface area contributed by atoms with Crippen LogP contribution < -0.4 is 14.5 Å². The second-order valence-corrected chi connectivity index (χ2v) is 19.3. The van der Waals surface area contributed by atoms with E-state index in [0.717, 1.165) is 55.6 Å². The summed E-state index contributed by atoms with van der Waals surface area (Å²) in [4.78, 5) is 9.00. The first kappa shape index (κ1) is 34.8. The van der Waals surface area contributed by atoms with E-state index in [4.69, 9.17) is 19.8 Å². The Morgan fingerprint density at radius 2 is 1.43 bits per heavy atom. The summed E-state index contributed by atoms with van der Waals surface area (Å²) in [6.45, 7) is 11.1. The van der Waals surface area contributed by atoms with Gasteiger partial charge in [-0.3, -0.25) is 0 Å². The number of aryl methyl sites for hydroxylation is 2. The van der Waals surface area contributed by atoms with Crippen LogP contribution in [0.2, 0.25) is 0 Å². The Kier molecular flexibility index (Phi) is 9.69. The van der Waals surface area contributed by atoms with Crippen molar-refractivity contribution in [3.05, 3.63) is 210 Å². The molecular formula is C62H59N4OPt-3. The number of pyridine rings is 1.